The standard InChI is InChI=1S/C21H25NO4S/c1-5-18(21(23)26-6-2)15-22(19-9-7-8-17(4)14-19)27(24,25)20-12-10-16(3)11-13-20/h5,7-14H,6,15H2,1-4H3/b18-5+. The summed E-state index contributed by atoms with van der Waals surface area (Å²) in [5.41, 5.74) is 2.68. The van der Waals surface area contributed by atoms with E-state index in [1.807, 2.05) is 19.9 Å². The van der Waals surface area contributed by atoms with Gasteiger partial charge in [0.25, 0.3) is 10.0 Å². The average molecular weight is 388 g/mol. The van der Waals surface area contributed by atoms with E-state index in [1.54, 1.807) is 62.4 Å². The van der Waals surface area contributed by atoms with Gasteiger partial charge in [-0.25, -0.2) is 13.2 Å². The second-order valence-electron chi connectivity index (χ2n) is 6.20. The number of sulfonamides is 1. The Kier molecular flexibility index (Phi) is 6.80. The summed E-state index contributed by atoms with van der Waals surface area (Å²) >= 11 is 0. The summed E-state index contributed by atoms with van der Waals surface area (Å²) in [5.74, 6) is -0.517. The van der Waals surface area contributed by atoms with Gasteiger partial charge in [0.2, 0.25) is 0 Å². The van der Waals surface area contributed by atoms with Crippen LogP contribution in [0.5, 0.6) is 0 Å². The molecule has 0 aliphatic heterocycles. The number of carbonyl (C=O) groups is 1. The first kappa shape index (κ1) is 20.7. The Balaban J connectivity index is 2.53. The van der Waals surface area contributed by atoms with Gasteiger partial charge in [0, 0.05) is 0 Å². The fraction of sp³-hybridized carbons (Fsp3) is 0.286. The predicted molar refractivity (Wildman–Crippen MR) is 107 cm³/mol. The van der Waals surface area contributed by atoms with E-state index in [9.17, 15) is 13.2 Å². The molecule has 0 bridgehead atoms. The van der Waals surface area contributed by atoms with Crippen molar-refractivity contribution in [2.24, 2.45) is 0 Å². The number of ether oxygens (including phenoxy) is 1. The minimum Gasteiger partial charge on any atom is -0.463 e. The van der Waals surface area contributed by atoms with Crippen LogP contribution in [0.1, 0.15) is 25.0 Å². The lowest BCUT2D eigenvalue weighted by atomic mass is 10.2. The Morgan fingerprint density at radius 2 is 1.74 bits per heavy atom. The van der Waals surface area contributed by atoms with Gasteiger partial charge in [-0.3, -0.25) is 4.31 Å². The number of allylic oxidation sites excluding steroid dienone is 1. The van der Waals surface area contributed by atoms with Crippen molar-refractivity contribution >= 4 is 21.7 Å². The zero-order valence-electron chi connectivity index (χ0n) is 16.1. The molecule has 6 heteroatoms. The fourth-order valence-corrected chi connectivity index (χ4v) is 4.02. The van der Waals surface area contributed by atoms with E-state index < -0.39 is 16.0 Å². The maximum absolute atomic E-state index is 13.3. The molecular weight excluding hydrogens is 362 g/mol. The Hall–Kier alpha value is -2.60. The first-order valence-corrected chi connectivity index (χ1v) is 10.2. The van der Waals surface area contributed by atoms with E-state index in [0.29, 0.717) is 5.69 Å². The van der Waals surface area contributed by atoms with Crippen LogP contribution in [0.2, 0.25) is 0 Å². The quantitative estimate of drug-likeness (QED) is 0.532. The highest BCUT2D eigenvalue weighted by Crippen LogP contribution is 2.26. The summed E-state index contributed by atoms with van der Waals surface area (Å²) < 4.78 is 33.0. The SMILES string of the molecule is C/C=C(\CN(c1cccc(C)c1)S(=O)(=O)c1ccc(C)cc1)C(=O)OCC. The first-order valence-electron chi connectivity index (χ1n) is 8.78. The van der Waals surface area contributed by atoms with Crippen LogP contribution in [-0.2, 0) is 19.6 Å². The normalized spacial score (nSPS) is 11.9. The molecule has 0 unspecified atom stereocenters. The van der Waals surface area contributed by atoms with Crippen molar-refractivity contribution in [3.05, 3.63) is 71.3 Å². The molecule has 0 heterocycles. The first-order chi connectivity index (χ1) is 12.8. The molecule has 144 valence electrons. The van der Waals surface area contributed by atoms with Crippen LogP contribution in [0, 0.1) is 13.8 Å². The molecule has 2 aromatic rings. The molecule has 2 rings (SSSR count). The van der Waals surface area contributed by atoms with Gasteiger partial charge in [0.15, 0.2) is 0 Å². The highest BCUT2D eigenvalue weighted by molar-refractivity contribution is 7.92. The molecule has 2 aromatic carbocycles. The topological polar surface area (TPSA) is 63.7 Å². The van der Waals surface area contributed by atoms with Crippen molar-refractivity contribution in [3.63, 3.8) is 0 Å². The number of benzene rings is 2. The molecule has 0 radical (unpaired) electrons. The number of carbonyl (C=O) groups excluding carboxylic acids is 1. The molecule has 0 saturated carbocycles. The summed E-state index contributed by atoms with van der Waals surface area (Å²) in [5, 5.41) is 0. The van der Waals surface area contributed by atoms with Crippen molar-refractivity contribution in [3.8, 4) is 0 Å². The highest BCUT2D eigenvalue weighted by Gasteiger charge is 2.27. The number of esters is 1. The summed E-state index contributed by atoms with van der Waals surface area (Å²) in [7, 11) is -3.86. The van der Waals surface area contributed by atoms with E-state index in [2.05, 4.69) is 0 Å². The van der Waals surface area contributed by atoms with Gasteiger partial charge in [-0.05, 0) is 57.5 Å². The van der Waals surface area contributed by atoms with Gasteiger partial charge in [0.1, 0.15) is 0 Å². The number of nitrogens with zero attached hydrogens (tertiary/aromatic N) is 1. The van der Waals surface area contributed by atoms with Crippen molar-refractivity contribution in [2.45, 2.75) is 32.6 Å². The molecule has 0 amide bonds. The largest absolute Gasteiger partial charge is 0.463 e. The third-order valence-electron chi connectivity index (χ3n) is 4.10. The maximum atomic E-state index is 13.3. The third kappa shape index (κ3) is 4.98. The minimum absolute atomic E-state index is 0.102. The third-order valence-corrected chi connectivity index (χ3v) is 5.89. The number of hydrogen-bond donors (Lipinski definition) is 0. The molecule has 5 nitrogen and oxygen atoms in total. The highest BCUT2D eigenvalue weighted by atomic mass is 32.2. The molecule has 0 spiro atoms. The second-order valence-corrected chi connectivity index (χ2v) is 8.06. The number of hydrogen-bond acceptors (Lipinski definition) is 4. The molecule has 0 aliphatic rings. The summed E-state index contributed by atoms with van der Waals surface area (Å²) in [4.78, 5) is 12.4. The van der Waals surface area contributed by atoms with E-state index in [4.69, 9.17) is 4.74 Å². The lowest BCUT2D eigenvalue weighted by Gasteiger charge is -2.25. The smallest absolute Gasteiger partial charge is 0.335 e. The molecule has 0 atom stereocenters. The number of aryl methyl sites for hydroxylation is 2. The molecule has 0 saturated heterocycles. The van der Waals surface area contributed by atoms with Crippen molar-refractivity contribution < 1.29 is 17.9 Å². The van der Waals surface area contributed by atoms with Crippen molar-refractivity contribution in [1.82, 2.24) is 0 Å². The molecular formula is C21H25NO4S. The Labute approximate surface area is 161 Å². The molecule has 0 aliphatic carbocycles. The Morgan fingerprint density at radius 3 is 2.30 bits per heavy atom. The van der Waals surface area contributed by atoms with Gasteiger partial charge in [-0.1, -0.05) is 35.9 Å². The zero-order chi connectivity index (χ0) is 20.0. The lowest BCUT2D eigenvalue weighted by molar-refractivity contribution is -0.138. The molecule has 0 aromatic heterocycles. The van der Waals surface area contributed by atoms with Crippen LogP contribution in [0.3, 0.4) is 0 Å². The Morgan fingerprint density at radius 1 is 1.07 bits per heavy atom. The van der Waals surface area contributed by atoms with Crippen LogP contribution in [0.4, 0.5) is 5.69 Å². The number of rotatable bonds is 7. The van der Waals surface area contributed by atoms with E-state index in [-0.39, 0.29) is 23.6 Å². The van der Waals surface area contributed by atoms with Crippen LogP contribution in [0.25, 0.3) is 0 Å². The van der Waals surface area contributed by atoms with Crippen LogP contribution < -0.4 is 4.31 Å². The predicted octanol–water partition coefficient (Wildman–Crippen LogP) is 4.01. The average Bonchev–Trinajstić information content (AvgIpc) is 2.63. The molecule has 0 N–H and O–H groups in total. The zero-order valence-corrected chi connectivity index (χ0v) is 16.9. The van der Waals surface area contributed by atoms with Gasteiger partial charge in [-0.2, -0.15) is 0 Å². The number of anilines is 1. The van der Waals surface area contributed by atoms with Crippen LogP contribution in [-0.4, -0.2) is 27.5 Å². The van der Waals surface area contributed by atoms with Gasteiger partial charge < -0.3 is 4.74 Å². The molecule has 27 heavy (non-hydrogen) atoms. The van der Waals surface area contributed by atoms with Crippen LogP contribution >= 0.6 is 0 Å². The fourth-order valence-electron chi connectivity index (χ4n) is 2.59. The summed E-state index contributed by atoms with van der Waals surface area (Å²) in [6, 6.07) is 13.8. The maximum Gasteiger partial charge on any atom is 0.335 e. The van der Waals surface area contributed by atoms with Crippen molar-refractivity contribution in [1.29, 1.82) is 0 Å². The van der Waals surface area contributed by atoms with Gasteiger partial charge in [-0.15, -0.1) is 0 Å². The van der Waals surface area contributed by atoms with Gasteiger partial charge in [0.05, 0.1) is 29.3 Å². The van der Waals surface area contributed by atoms with E-state index in [1.165, 1.54) is 4.31 Å². The monoisotopic (exact) mass is 387 g/mol. The minimum atomic E-state index is -3.86. The van der Waals surface area contributed by atoms with E-state index in [0.717, 1.165) is 11.1 Å². The van der Waals surface area contributed by atoms with Crippen LogP contribution in [0.15, 0.2) is 65.1 Å². The second kappa shape index (κ2) is 8.86. The van der Waals surface area contributed by atoms with Gasteiger partial charge >= 0.3 is 5.97 Å². The van der Waals surface area contributed by atoms with E-state index >= 15 is 0 Å². The summed E-state index contributed by atoms with van der Waals surface area (Å²) in [6.07, 6.45) is 1.59. The Bertz CT molecular complexity index is 931. The summed E-state index contributed by atoms with van der Waals surface area (Å²) in [6.45, 7) is 7.32. The molecule has 0 fully saturated rings. The lowest BCUT2D eigenvalue weighted by Crippen LogP contribution is -2.34. The van der Waals surface area contributed by atoms with Crippen molar-refractivity contribution in [2.75, 3.05) is 17.5 Å².